The summed E-state index contributed by atoms with van der Waals surface area (Å²) in [6, 6.07) is 19.0. The number of phenolic OH excluding ortho intramolecular Hbond substituents is 1. The fraction of sp³-hybridized carbons (Fsp3) is 0.547. The van der Waals surface area contributed by atoms with Gasteiger partial charge in [-0.25, -0.2) is 4.98 Å². The number of carbonyl (C=O) groups excluding carboxylic acids is 2. The third-order valence-corrected chi connectivity index (χ3v) is 16.6. The van der Waals surface area contributed by atoms with Crippen molar-refractivity contribution in [3.8, 4) is 33.3 Å². The maximum absolute atomic E-state index is 14.2. The largest absolute Gasteiger partial charge is 0.507 e. The molecule has 2 amide bonds. The molecular formula is C53H70N12O6S. The van der Waals surface area contributed by atoms with Crippen molar-refractivity contribution in [3.05, 3.63) is 83.2 Å². The van der Waals surface area contributed by atoms with E-state index in [9.17, 15) is 19.8 Å². The normalized spacial score (nSPS) is 22.3. The highest BCUT2D eigenvalue weighted by Crippen LogP contribution is 2.38. The van der Waals surface area contributed by atoms with Crippen LogP contribution in [0.4, 0.5) is 11.5 Å². The Balaban J connectivity index is 0.629. The minimum absolute atomic E-state index is 0.0678. The van der Waals surface area contributed by atoms with Gasteiger partial charge in [0.2, 0.25) is 11.8 Å². The zero-order valence-corrected chi connectivity index (χ0v) is 42.8. The molecule has 72 heavy (non-hydrogen) atoms. The number of aliphatic hydroxyl groups is 1. The molecule has 4 fully saturated rings. The summed E-state index contributed by atoms with van der Waals surface area (Å²) < 4.78 is 11.8. The molecule has 3 aromatic heterocycles. The first-order valence-electron chi connectivity index (χ1n) is 25.9. The topological polar surface area (TPSA) is 192 Å². The standard InChI is InChI=1S/C53H70N12O6S/c1-34(2)49(53(69)65-32-41(66)27-45(65)52(68)56-35(3)37-9-11-38(12-10-37)50-36(4)55-33-72-50)47-29-48(59-71-47)70-26-25-62-21-19-61(20-22-62)18-17-60-15-13-39(14-16-60)63-23-24-64-40(31-63)30-54-51-44(64)28-43(57-58-51)42-7-5-6-8-46(42)67/h5-12,28-29,33-35,39-41,45,49,66-67H,13-27,30-32H2,1-4H3,(H,54,58)(H,56,68)/t35-,40-,41+,45-,49+/m0/s1. The van der Waals surface area contributed by atoms with Crippen molar-refractivity contribution in [1.82, 2.24) is 50.2 Å². The smallest absolute Gasteiger partial charge is 0.254 e. The Hall–Kier alpha value is -5.70. The molecule has 8 heterocycles. The fourth-order valence-corrected chi connectivity index (χ4v) is 12.2. The van der Waals surface area contributed by atoms with Crippen molar-refractivity contribution < 1.29 is 29.1 Å². The highest BCUT2D eigenvalue weighted by molar-refractivity contribution is 7.13. The molecule has 384 valence electrons. The summed E-state index contributed by atoms with van der Waals surface area (Å²) in [6.45, 7) is 21.4. The Labute approximate surface area is 426 Å². The Morgan fingerprint density at radius 2 is 1.62 bits per heavy atom. The minimum Gasteiger partial charge on any atom is -0.507 e. The number of para-hydroxylation sites is 1. The first kappa shape index (κ1) is 49.9. The minimum atomic E-state index is -0.814. The van der Waals surface area contributed by atoms with Crippen LogP contribution in [0.2, 0.25) is 0 Å². The number of aromatic hydroxyl groups is 1. The molecule has 0 saturated carbocycles. The molecule has 0 spiro atoms. The van der Waals surface area contributed by atoms with E-state index in [-0.39, 0.29) is 42.5 Å². The summed E-state index contributed by atoms with van der Waals surface area (Å²) in [5.74, 6) is 0.321. The zero-order chi connectivity index (χ0) is 49.9. The summed E-state index contributed by atoms with van der Waals surface area (Å²) in [5, 5.41) is 40.9. The number of hydrogen-bond acceptors (Lipinski definition) is 17. The van der Waals surface area contributed by atoms with Gasteiger partial charge in [0.25, 0.3) is 5.88 Å². The number of aromatic nitrogens is 4. The van der Waals surface area contributed by atoms with Crippen LogP contribution < -0.4 is 20.3 Å². The Bertz CT molecular complexity index is 2630. The van der Waals surface area contributed by atoms with Gasteiger partial charge in [0.05, 0.1) is 45.7 Å². The number of benzene rings is 2. The molecule has 0 bridgehead atoms. The maximum Gasteiger partial charge on any atom is 0.254 e. The Morgan fingerprint density at radius 1 is 0.889 bits per heavy atom. The number of nitrogens with zero attached hydrogens (tertiary/aromatic N) is 10. The molecule has 0 unspecified atom stereocenters. The molecule has 5 atom stereocenters. The molecular weight excluding hydrogens is 933 g/mol. The molecule has 5 aliphatic heterocycles. The van der Waals surface area contributed by atoms with Crippen LogP contribution in [0.25, 0.3) is 21.7 Å². The number of fused-ring (bicyclic) bond motifs is 3. The third-order valence-electron chi connectivity index (χ3n) is 15.6. The van der Waals surface area contributed by atoms with Gasteiger partial charge in [0.1, 0.15) is 24.3 Å². The van der Waals surface area contributed by atoms with E-state index in [2.05, 4.69) is 61.5 Å². The van der Waals surface area contributed by atoms with Crippen LogP contribution in [-0.4, -0.2) is 189 Å². The summed E-state index contributed by atoms with van der Waals surface area (Å²) >= 11 is 1.60. The highest BCUT2D eigenvalue weighted by atomic mass is 32.1. The molecule has 0 radical (unpaired) electrons. The van der Waals surface area contributed by atoms with Crippen LogP contribution in [-0.2, 0) is 9.59 Å². The number of rotatable bonds is 16. The second-order valence-electron chi connectivity index (χ2n) is 20.6. The van der Waals surface area contributed by atoms with Crippen molar-refractivity contribution in [1.29, 1.82) is 0 Å². The Morgan fingerprint density at radius 3 is 2.35 bits per heavy atom. The van der Waals surface area contributed by atoms with E-state index in [1.807, 2.05) is 75.7 Å². The molecule has 0 aliphatic carbocycles. The second kappa shape index (κ2) is 22.2. The number of aryl methyl sites for hydroxylation is 1. The van der Waals surface area contributed by atoms with Gasteiger partial charge in [-0.05, 0) is 80.2 Å². The molecule has 2 aromatic carbocycles. The van der Waals surface area contributed by atoms with Gasteiger partial charge in [0, 0.05) is 103 Å². The average Bonchev–Trinajstić information content (AvgIpc) is 4.16. The molecule has 5 aromatic rings. The van der Waals surface area contributed by atoms with E-state index < -0.39 is 18.1 Å². The van der Waals surface area contributed by atoms with E-state index in [4.69, 9.17) is 9.26 Å². The first-order chi connectivity index (χ1) is 34.9. The van der Waals surface area contributed by atoms with Crippen molar-refractivity contribution in [2.45, 2.75) is 83.1 Å². The number of amides is 2. The number of likely N-dealkylation sites (tertiary alicyclic amines) is 2. The molecule has 19 heteroatoms. The zero-order valence-electron chi connectivity index (χ0n) is 42.0. The molecule has 10 rings (SSSR count). The van der Waals surface area contributed by atoms with Crippen molar-refractivity contribution in [2.75, 3.05) is 108 Å². The summed E-state index contributed by atoms with van der Waals surface area (Å²) in [7, 11) is 0. The van der Waals surface area contributed by atoms with Crippen molar-refractivity contribution in [3.63, 3.8) is 0 Å². The van der Waals surface area contributed by atoms with Crippen molar-refractivity contribution in [2.24, 2.45) is 5.92 Å². The van der Waals surface area contributed by atoms with Gasteiger partial charge >= 0.3 is 0 Å². The number of anilines is 2. The highest BCUT2D eigenvalue weighted by Gasteiger charge is 2.44. The van der Waals surface area contributed by atoms with Gasteiger partial charge in [-0.3, -0.25) is 24.3 Å². The number of phenols is 1. The Kier molecular flexibility index (Phi) is 15.4. The van der Waals surface area contributed by atoms with Crippen molar-refractivity contribution >= 4 is 34.7 Å². The van der Waals surface area contributed by atoms with Crippen LogP contribution in [0.5, 0.6) is 11.6 Å². The lowest BCUT2D eigenvalue weighted by Crippen LogP contribution is -2.61. The number of thiazole rings is 1. The third kappa shape index (κ3) is 11.1. The average molecular weight is 1000 g/mol. The number of hydrogen-bond donors (Lipinski definition) is 4. The first-order valence-corrected chi connectivity index (χ1v) is 26.8. The number of piperidine rings is 1. The van der Waals surface area contributed by atoms with Gasteiger partial charge in [-0.1, -0.05) is 50.2 Å². The molecule has 18 nitrogen and oxygen atoms in total. The SMILES string of the molecule is Cc1ncsc1-c1ccc([C@H](C)NC(=O)[C@@H]2C[C@@H](O)CN2C(=O)[C@@H](c2cc(OCCN3CCN(CCN4CCC(N5CCN6c7cc(-c8ccccc8O)nnc7NC[C@H]6C5)CC4)CC3)no2)C(C)C)cc1. The number of β-amino-alcohol motifs (C(OH)–C–C–N with tert-alkyl or cyclic N) is 1. The number of nitrogens with one attached hydrogen (secondary N) is 2. The van der Waals surface area contributed by atoms with Gasteiger partial charge in [0.15, 0.2) is 11.6 Å². The van der Waals surface area contributed by atoms with Gasteiger partial charge in [-0.15, -0.1) is 21.5 Å². The molecule has 4 saturated heterocycles. The summed E-state index contributed by atoms with van der Waals surface area (Å²) in [5.41, 5.74) is 7.30. The second-order valence-corrected chi connectivity index (χ2v) is 21.5. The van der Waals surface area contributed by atoms with E-state index in [1.165, 1.54) is 17.7 Å². The lowest BCUT2D eigenvalue weighted by molar-refractivity contribution is -0.141. The van der Waals surface area contributed by atoms with E-state index in [0.717, 1.165) is 118 Å². The lowest BCUT2D eigenvalue weighted by Gasteiger charge is -2.49. The number of piperazine rings is 2. The summed E-state index contributed by atoms with van der Waals surface area (Å²) in [4.78, 5) is 47.8. The molecule has 4 N–H and O–H groups in total. The predicted molar refractivity (Wildman–Crippen MR) is 277 cm³/mol. The molecule has 5 aliphatic rings. The quantitative estimate of drug-likeness (QED) is 0.104. The monoisotopic (exact) mass is 1000 g/mol. The van der Waals surface area contributed by atoms with Gasteiger partial charge in [-0.2, -0.15) is 0 Å². The number of aliphatic hydroxyl groups excluding tert-OH is 1. The lowest BCUT2D eigenvalue weighted by atomic mass is 9.91. The summed E-state index contributed by atoms with van der Waals surface area (Å²) in [6.07, 6.45) is 1.74. The van der Waals surface area contributed by atoms with Crippen LogP contribution in [0.1, 0.15) is 69.0 Å². The van der Waals surface area contributed by atoms with E-state index >= 15 is 0 Å². The van der Waals surface area contributed by atoms with Crippen LogP contribution in [0.15, 0.2) is 70.7 Å². The number of carbonyl (C=O) groups is 2. The van der Waals surface area contributed by atoms with Crippen LogP contribution in [0.3, 0.4) is 0 Å². The van der Waals surface area contributed by atoms with E-state index in [1.54, 1.807) is 23.5 Å². The van der Waals surface area contributed by atoms with Crippen LogP contribution in [0, 0.1) is 12.8 Å². The fourth-order valence-electron chi connectivity index (χ4n) is 11.4. The van der Waals surface area contributed by atoms with Gasteiger partial charge < -0.3 is 44.8 Å². The number of ether oxygens (including phenoxy) is 1. The maximum atomic E-state index is 14.2. The van der Waals surface area contributed by atoms with Crippen LogP contribution >= 0.6 is 11.3 Å². The predicted octanol–water partition coefficient (Wildman–Crippen LogP) is 4.93. The van der Waals surface area contributed by atoms with E-state index in [0.29, 0.717) is 41.6 Å².